The minimum atomic E-state index is -0.692. The van der Waals surface area contributed by atoms with Gasteiger partial charge in [-0.2, -0.15) is 10.5 Å². The van der Waals surface area contributed by atoms with Gasteiger partial charge in [-0.1, -0.05) is 35.9 Å². The minimum Gasteiger partial charge on any atom is -0.206 e. The lowest BCUT2D eigenvalue weighted by molar-refractivity contribution is 0.621. The lowest BCUT2D eigenvalue weighted by atomic mass is 9.89. The van der Waals surface area contributed by atoms with Gasteiger partial charge in [-0.15, -0.1) is 0 Å². The maximum atomic E-state index is 13.6. The fraction of sp³-hybridized carbons (Fsp3) is 0.0667. The molecule has 0 N–H and O–H groups in total. The molecule has 0 spiro atoms. The van der Waals surface area contributed by atoms with Crippen molar-refractivity contribution >= 4 is 11.6 Å². The third kappa shape index (κ3) is 2.57. The van der Waals surface area contributed by atoms with Crippen LogP contribution in [0.2, 0.25) is 5.02 Å². The average Bonchev–Trinajstić information content (AvgIpc) is 2.42. The van der Waals surface area contributed by atoms with Crippen LogP contribution in [0.25, 0.3) is 0 Å². The summed E-state index contributed by atoms with van der Waals surface area (Å²) in [6.07, 6.45) is 0. The molecule has 2 rings (SSSR count). The Balaban J connectivity index is 2.56. The molecule has 2 aromatic carbocycles. The summed E-state index contributed by atoms with van der Waals surface area (Å²) >= 11 is 5.79. The van der Waals surface area contributed by atoms with Gasteiger partial charge in [-0.05, 0) is 29.3 Å². The number of nitrogens with zero attached hydrogens (tertiary/aromatic N) is 2. The number of rotatable bonds is 2. The molecule has 0 heterocycles. The second-order valence-electron chi connectivity index (χ2n) is 3.93. The molecule has 0 aliphatic carbocycles. The Morgan fingerprint density at radius 1 is 1.05 bits per heavy atom. The molecular weight excluding hydrogens is 263 g/mol. The Kier molecular flexibility index (Phi) is 3.80. The molecule has 0 aliphatic heterocycles. The SMILES string of the molecule is N#Cc1c(F)cccc1[C@H](C#N)c1ccc(Cl)cc1. The fourth-order valence-corrected chi connectivity index (χ4v) is 2.00. The molecule has 0 amide bonds. The molecule has 0 aliphatic rings. The third-order valence-electron chi connectivity index (χ3n) is 2.80. The first-order chi connectivity index (χ1) is 9.17. The average molecular weight is 271 g/mol. The monoisotopic (exact) mass is 270 g/mol. The maximum absolute atomic E-state index is 13.6. The highest BCUT2D eigenvalue weighted by Crippen LogP contribution is 2.28. The van der Waals surface area contributed by atoms with Gasteiger partial charge in [0.25, 0.3) is 0 Å². The molecule has 0 aromatic heterocycles. The van der Waals surface area contributed by atoms with Crippen molar-refractivity contribution in [2.75, 3.05) is 0 Å². The van der Waals surface area contributed by atoms with E-state index < -0.39 is 11.7 Å². The van der Waals surface area contributed by atoms with Crippen LogP contribution < -0.4 is 0 Å². The zero-order valence-electron chi connectivity index (χ0n) is 9.77. The quantitative estimate of drug-likeness (QED) is 0.828. The molecule has 0 unspecified atom stereocenters. The van der Waals surface area contributed by atoms with Crippen LogP contribution in [-0.4, -0.2) is 0 Å². The first-order valence-electron chi connectivity index (χ1n) is 5.51. The second kappa shape index (κ2) is 5.52. The molecule has 0 bridgehead atoms. The lowest BCUT2D eigenvalue weighted by Gasteiger charge is -2.12. The standard InChI is InChI=1S/C15H8ClFN2/c16-11-6-4-10(5-7-11)13(8-18)12-2-1-3-15(17)14(12)9-19/h1-7,13H/t13-/m1/s1. The molecule has 0 radical (unpaired) electrons. The normalized spacial score (nSPS) is 11.4. The Morgan fingerprint density at radius 2 is 1.74 bits per heavy atom. The van der Waals surface area contributed by atoms with Crippen LogP contribution in [0.1, 0.15) is 22.6 Å². The number of halogens is 2. The molecule has 92 valence electrons. The predicted octanol–water partition coefficient (Wildman–Crippen LogP) is 4.01. The van der Waals surface area contributed by atoms with E-state index in [9.17, 15) is 9.65 Å². The summed E-state index contributed by atoms with van der Waals surface area (Å²) < 4.78 is 13.6. The van der Waals surface area contributed by atoms with E-state index in [1.807, 2.05) is 6.07 Å². The number of nitriles is 2. The summed E-state index contributed by atoms with van der Waals surface area (Å²) in [6.45, 7) is 0. The van der Waals surface area contributed by atoms with Crippen molar-refractivity contribution in [1.29, 1.82) is 10.5 Å². The fourth-order valence-electron chi connectivity index (χ4n) is 1.88. The molecule has 0 fully saturated rings. The summed E-state index contributed by atoms with van der Waals surface area (Å²) in [7, 11) is 0. The van der Waals surface area contributed by atoms with Crippen LogP contribution in [0.5, 0.6) is 0 Å². The summed E-state index contributed by atoms with van der Waals surface area (Å²) in [5, 5.41) is 18.9. The van der Waals surface area contributed by atoms with Crippen molar-refractivity contribution in [3.05, 3.63) is 70.0 Å². The Bertz CT molecular complexity index is 681. The summed E-state index contributed by atoms with van der Waals surface area (Å²) in [6, 6.07) is 14.9. The molecular formula is C15H8ClFN2. The van der Waals surface area contributed by atoms with Gasteiger partial charge in [0.15, 0.2) is 0 Å². The van der Waals surface area contributed by atoms with Gasteiger partial charge in [0.1, 0.15) is 11.9 Å². The van der Waals surface area contributed by atoms with Crippen molar-refractivity contribution in [3.63, 3.8) is 0 Å². The van der Waals surface area contributed by atoms with Crippen molar-refractivity contribution < 1.29 is 4.39 Å². The molecule has 19 heavy (non-hydrogen) atoms. The summed E-state index contributed by atoms with van der Waals surface area (Å²) in [5.74, 6) is -1.31. The second-order valence-corrected chi connectivity index (χ2v) is 4.37. The van der Waals surface area contributed by atoms with E-state index >= 15 is 0 Å². The predicted molar refractivity (Wildman–Crippen MR) is 70.0 cm³/mol. The highest BCUT2D eigenvalue weighted by Gasteiger charge is 2.19. The molecule has 0 saturated heterocycles. The van der Waals surface area contributed by atoms with Gasteiger partial charge >= 0.3 is 0 Å². The van der Waals surface area contributed by atoms with Gasteiger partial charge < -0.3 is 0 Å². The van der Waals surface area contributed by atoms with E-state index in [2.05, 4.69) is 6.07 Å². The topological polar surface area (TPSA) is 47.6 Å². The first-order valence-corrected chi connectivity index (χ1v) is 5.88. The molecule has 2 nitrogen and oxygen atoms in total. The van der Waals surface area contributed by atoms with E-state index in [4.69, 9.17) is 16.9 Å². The van der Waals surface area contributed by atoms with Crippen molar-refractivity contribution in [2.45, 2.75) is 5.92 Å². The number of hydrogen-bond donors (Lipinski definition) is 0. The molecule has 1 atom stereocenters. The van der Waals surface area contributed by atoms with E-state index in [1.165, 1.54) is 12.1 Å². The smallest absolute Gasteiger partial charge is 0.141 e. The maximum Gasteiger partial charge on any atom is 0.141 e. The van der Waals surface area contributed by atoms with Crippen LogP contribution in [-0.2, 0) is 0 Å². The molecule has 4 heteroatoms. The van der Waals surface area contributed by atoms with Crippen molar-refractivity contribution in [1.82, 2.24) is 0 Å². The van der Waals surface area contributed by atoms with Crippen LogP contribution in [0.3, 0.4) is 0 Å². The van der Waals surface area contributed by atoms with Gasteiger partial charge in [0.2, 0.25) is 0 Å². The van der Waals surface area contributed by atoms with Crippen LogP contribution >= 0.6 is 11.6 Å². The highest BCUT2D eigenvalue weighted by atomic mass is 35.5. The zero-order chi connectivity index (χ0) is 13.8. The van der Waals surface area contributed by atoms with Crippen LogP contribution in [0, 0.1) is 28.5 Å². The lowest BCUT2D eigenvalue weighted by Crippen LogP contribution is -2.02. The van der Waals surface area contributed by atoms with Crippen molar-refractivity contribution in [3.8, 4) is 12.1 Å². The number of hydrogen-bond acceptors (Lipinski definition) is 2. The Hall–Kier alpha value is -2.36. The van der Waals surface area contributed by atoms with E-state index in [0.717, 1.165) is 0 Å². The highest BCUT2D eigenvalue weighted by molar-refractivity contribution is 6.30. The van der Waals surface area contributed by atoms with Crippen LogP contribution in [0.4, 0.5) is 4.39 Å². The largest absolute Gasteiger partial charge is 0.206 e. The summed E-state index contributed by atoms with van der Waals surface area (Å²) in [5.41, 5.74) is 0.949. The van der Waals surface area contributed by atoms with Gasteiger partial charge in [0, 0.05) is 5.02 Å². The number of benzene rings is 2. The van der Waals surface area contributed by atoms with Crippen molar-refractivity contribution in [2.24, 2.45) is 0 Å². The Labute approximate surface area is 115 Å². The van der Waals surface area contributed by atoms with Gasteiger partial charge in [0.05, 0.1) is 17.6 Å². The van der Waals surface area contributed by atoms with E-state index in [1.54, 1.807) is 30.3 Å². The molecule has 0 saturated carbocycles. The van der Waals surface area contributed by atoms with Crippen LogP contribution in [0.15, 0.2) is 42.5 Å². The Morgan fingerprint density at radius 3 is 2.32 bits per heavy atom. The zero-order valence-corrected chi connectivity index (χ0v) is 10.5. The summed E-state index contributed by atoms with van der Waals surface area (Å²) in [4.78, 5) is 0. The van der Waals surface area contributed by atoms with E-state index in [0.29, 0.717) is 16.1 Å². The third-order valence-corrected chi connectivity index (χ3v) is 3.05. The molecule has 2 aromatic rings. The van der Waals surface area contributed by atoms with E-state index in [-0.39, 0.29) is 5.56 Å². The van der Waals surface area contributed by atoms with Gasteiger partial charge in [-0.3, -0.25) is 0 Å². The first kappa shape index (κ1) is 13.1. The minimum absolute atomic E-state index is 0.0935. The van der Waals surface area contributed by atoms with Gasteiger partial charge in [-0.25, -0.2) is 4.39 Å².